The van der Waals surface area contributed by atoms with E-state index < -0.39 is 17.9 Å². The largest absolute Gasteiger partial charge is 0.493 e. The molecule has 0 bridgehead atoms. The van der Waals surface area contributed by atoms with Crippen LogP contribution < -0.4 is 14.8 Å². The molecule has 0 aliphatic heterocycles. The van der Waals surface area contributed by atoms with Gasteiger partial charge in [-0.05, 0) is 29.3 Å². The summed E-state index contributed by atoms with van der Waals surface area (Å²) in [6.45, 7) is 3.62. The zero-order valence-electron chi connectivity index (χ0n) is 16.6. The van der Waals surface area contributed by atoms with Crippen LogP contribution in [-0.2, 0) is 20.9 Å². The molecule has 1 aromatic heterocycles. The maximum atomic E-state index is 12.3. The van der Waals surface area contributed by atoms with Crippen molar-refractivity contribution in [2.75, 3.05) is 21.3 Å². The zero-order chi connectivity index (χ0) is 20.7. The third-order valence-corrected chi connectivity index (χ3v) is 4.36. The molecule has 2 rings (SSSR count). The summed E-state index contributed by atoms with van der Waals surface area (Å²) < 4.78 is 15.2. The SMILES string of the molecule is CC[C@H](C)[C@@H](NC(=O)Cn1nnc(-c2ccc(OC)c(OC)c2)n1)C(=O)OC. The van der Waals surface area contributed by atoms with Crippen LogP contribution in [0.5, 0.6) is 11.5 Å². The van der Waals surface area contributed by atoms with E-state index in [0.29, 0.717) is 29.3 Å². The third-order valence-electron chi connectivity index (χ3n) is 4.36. The van der Waals surface area contributed by atoms with E-state index in [0.717, 1.165) is 4.80 Å². The number of rotatable bonds is 9. The molecule has 0 aliphatic carbocycles. The maximum absolute atomic E-state index is 12.3. The standard InChI is InChI=1S/C18H25N5O5/c1-6-11(2)16(18(25)28-5)19-15(24)10-23-21-17(20-22-23)12-7-8-13(26-3)14(9-12)27-4/h7-9,11,16H,6,10H2,1-5H3,(H,19,24)/t11-,16+/m0/s1. The highest BCUT2D eigenvalue weighted by Gasteiger charge is 2.27. The van der Waals surface area contributed by atoms with Gasteiger partial charge in [-0.25, -0.2) is 4.79 Å². The van der Waals surface area contributed by atoms with E-state index in [4.69, 9.17) is 14.2 Å². The summed E-state index contributed by atoms with van der Waals surface area (Å²) in [7, 11) is 4.37. The minimum atomic E-state index is -0.726. The van der Waals surface area contributed by atoms with Gasteiger partial charge in [0.15, 0.2) is 11.5 Å². The Kier molecular flexibility index (Phi) is 7.30. The molecule has 2 aromatic rings. The van der Waals surface area contributed by atoms with Crippen LogP contribution in [0.25, 0.3) is 11.4 Å². The van der Waals surface area contributed by atoms with Crippen LogP contribution in [0.15, 0.2) is 18.2 Å². The molecule has 10 nitrogen and oxygen atoms in total. The summed E-state index contributed by atoms with van der Waals surface area (Å²) in [6, 6.07) is 4.49. The molecular formula is C18H25N5O5. The van der Waals surface area contributed by atoms with E-state index in [1.165, 1.54) is 14.2 Å². The summed E-state index contributed by atoms with van der Waals surface area (Å²) in [5.74, 6) is 0.482. The Hall–Kier alpha value is -3.17. The van der Waals surface area contributed by atoms with Gasteiger partial charge < -0.3 is 19.5 Å². The highest BCUT2D eigenvalue weighted by atomic mass is 16.5. The molecule has 0 fully saturated rings. The second-order valence-corrected chi connectivity index (χ2v) is 6.17. The fraction of sp³-hybridized carbons (Fsp3) is 0.500. The van der Waals surface area contributed by atoms with Crippen molar-refractivity contribution in [3.63, 3.8) is 0 Å². The zero-order valence-corrected chi connectivity index (χ0v) is 16.6. The van der Waals surface area contributed by atoms with Gasteiger partial charge in [-0.1, -0.05) is 20.3 Å². The fourth-order valence-electron chi connectivity index (χ4n) is 2.54. The fourth-order valence-corrected chi connectivity index (χ4v) is 2.54. The minimum absolute atomic E-state index is 0.0672. The first-order valence-corrected chi connectivity index (χ1v) is 8.80. The molecule has 1 heterocycles. The van der Waals surface area contributed by atoms with Crippen molar-refractivity contribution < 1.29 is 23.8 Å². The molecule has 0 saturated carbocycles. The number of hydrogen-bond acceptors (Lipinski definition) is 8. The molecule has 152 valence electrons. The van der Waals surface area contributed by atoms with Crippen LogP contribution in [0.1, 0.15) is 20.3 Å². The van der Waals surface area contributed by atoms with Gasteiger partial charge in [0.2, 0.25) is 11.7 Å². The van der Waals surface area contributed by atoms with Gasteiger partial charge in [-0.2, -0.15) is 4.80 Å². The van der Waals surface area contributed by atoms with E-state index in [2.05, 4.69) is 20.7 Å². The number of carbonyl (C=O) groups is 2. The molecule has 28 heavy (non-hydrogen) atoms. The Balaban J connectivity index is 2.09. The van der Waals surface area contributed by atoms with Crippen molar-refractivity contribution in [2.45, 2.75) is 32.9 Å². The number of tetrazole rings is 1. The molecule has 0 unspecified atom stereocenters. The van der Waals surface area contributed by atoms with E-state index in [9.17, 15) is 9.59 Å². The van der Waals surface area contributed by atoms with Crippen LogP contribution in [0.4, 0.5) is 0 Å². The number of carbonyl (C=O) groups excluding carboxylic acids is 2. The van der Waals surface area contributed by atoms with Crippen LogP contribution in [0.3, 0.4) is 0 Å². The molecule has 1 aromatic carbocycles. The summed E-state index contributed by atoms with van der Waals surface area (Å²) in [5.41, 5.74) is 0.663. The molecule has 0 spiro atoms. The highest BCUT2D eigenvalue weighted by molar-refractivity contribution is 5.84. The van der Waals surface area contributed by atoms with E-state index in [1.54, 1.807) is 25.3 Å². The molecule has 1 N–H and O–H groups in total. The number of nitrogens with one attached hydrogen (secondary N) is 1. The normalized spacial score (nSPS) is 12.8. The topological polar surface area (TPSA) is 117 Å². The Morgan fingerprint density at radius 2 is 1.89 bits per heavy atom. The van der Waals surface area contributed by atoms with Crippen LogP contribution >= 0.6 is 0 Å². The smallest absolute Gasteiger partial charge is 0.328 e. The second kappa shape index (κ2) is 9.67. The van der Waals surface area contributed by atoms with Gasteiger partial charge >= 0.3 is 5.97 Å². The molecule has 10 heteroatoms. The van der Waals surface area contributed by atoms with Crippen molar-refractivity contribution in [2.24, 2.45) is 5.92 Å². The van der Waals surface area contributed by atoms with Gasteiger partial charge in [0, 0.05) is 5.56 Å². The molecule has 0 aliphatic rings. The number of hydrogen-bond donors (Lipinski definition) is 1. The van der Waals surface area contributed by atoms with Crippen molar-refractivity contribution >= 4 is 11.9 Å². The number of methoxy groups -OCH3 is 3. The number of nitrogens with zero attached hydrogens (tertiary/aromatic N) is 4. The average molecular weight is 391 g/mol. The first-order chi connectivity index (χ1) is 13.4. The molecular weight excluding hydrogens is 366 g/mol. The number of amides is 1. The van der Waals surface area contributed by atoms with Crippen molar-refractivity contribution in [3.05, 3.63) is 18.2 Å². The lowest BCUT2D eigenvalue weighted by Gasteiger charge is -2.21. The average Bonchev–Trinajstić information content (AvgIpc) is 3.18. The highest BCUT2D eigenvalue weighted by Crippen LogP contribution is 2.30. The lowest BCUT2D eigenvalue weighted by atomic mass is 9.99. The first kappa shape index (κ1) is 21.1. The lowest BCUT2D eigenvalue weighted by molar-refractivity contribution is -0.146. The van der Waals surface area contributed by atoms with Crippen molar-refractivity contribution in [1.82, 2.24) is 25.5 Å². The van der Waals surface area contributed by atoms with Gasteiger partial charge in [0.1, 0.15) is 12.6 Å². The number of benzene rings is 1. The quantitative estimate of drug-likeness (QED) is 0.631. The molecule has 2 atom stereocenters. The third kappa shape index (κ3) is 4.96. The van der Waals surface area contributed by atoms with Crippen LogP contribution in [-0.4, -0.2) is 59.5 Å². The minimum Gasteiger partial charge on any atom is -0.493 e. The summed E-state index contributed by atoms with van der Waals surface area (Å²) in [6.07, 6.45) is 0.713. The van der Waals surface area contributed by atoms with Gasteiger partial charge in [-0.3, -0.25) is 4.79 Å². The van der Waals surface area contributed by atoms with Gasteiger partial charge in [0.05, 0.1) is 21.3 Å². The predicted molar refractivity (Wildman–Crippen MR) is 99.8 cm³/mol. The van der Waals surface area contributed by atoms with Crippen LogP contribution in [0.2, 0.25) is 0 Å². The molecule has 0 radical (unpaired) electrons. The van der Waals surface area contributed by atoms with Crippen molar-refractivity contribution in [3.8, 4) is 22.9 Å². The maximum Gasteiger partial charge on any atom is 0.328 e. The van der Waals surface area contributed by atoms with E-state index in [1.807, 2.05) is 13.8 Å². The van der Waals surface area contributed by atoms with Gasteiger partial charge in [0.25, 0.3) is 0 Å². The molecule has 1 amide bonds. The molecule has 0 saturated heterocycles. The summed E-state index contributed by atoms with van der Waals surface area (Å²) in [4.78, 5) is 25.4. The van der Waals surface area contributed by atoms with Gasteiger partial charge in [-0.15, -0.1) is 10.2 Å². The van der Waals surface area contributed by atoms with Crippen LogP contribution in [0, 0.1) is 5.92 Å². The Morgan fingerprint density at radius 3 is 2.50 bits per heavy atom. The predicted octanol–water partition coefficient (Wildman–Crippen LogP) is 1.06. The first-order valence-electron chi connectivity index (χ1n) is 8.80. The summed E-state index contributed by atoms with van der Waals surface area (Å²) >= 11 is 0. The monoisotopic (exact) mass is 391 g/mol. The lowest BCUT2D eigenvalue weighted by Crippen LogP contribution is -2.46. The Labute approximate surface area is 163 Å². The van der Waals surface area contributed by atoms with Crippen molar-refractivity contribution in [1.29, 1.82) is 0 Å². The van der Waals surface area contributed by atoms with E-state index >= 15 is 0 Å². The Bertz CT molecular complexity index is 822. The second-order valence-electron chi connectivity index (χ2n) is 6.17. The number of ether oxygens (including phenoxy) is 3. The number of esters is 1. The number of aromatic nitrogens is 4. The van der Waals surface area contributed by atoms with E-state index in [-0.39, 0.29) is 12.5 Å². The summed E-state index contributed by atoms with van der Waals surface area (Å²) in [5, 5.41) is 14.7. The Morgan fingerprint density at radius 1 is 1.18 bits per heavy atom.